The van der Waals surface area contributed by atoms with Gasteiger partial charge >= 0.3 is 6.11 Å². The van der Waals surface area contributed by atoms with E-state index in [2.05, 4.69) is 0 Å². The predicted molar refractivity (Wildman–Crippen MR) is 85.3 cm³/mol. The SMILES string of the molecule is C/C=C/CCc1ccc(C(F)(F)Oc2ccc(C#N)cc2)cc1. The monoisotopic (exact) mass is 313 g/mol. The molecule has 4 heteroatoms. The lowest BCUT2D eigenvalue weighted by Crippen LogP contribution is -2.21. The molecular formula is C19H17F2NO. The van der Waals surface area contributed by atoms with E-state index in [1.54, 1.807) is 12.1 Å². The first kappa shape index (κ1) is 16.7. The first-order chi connectivity index (χ1) is 11.0. The minimum Gasteiger partial charge on any atom is -0.429 e. The summed E-state index contributed by atoms with van der Waals surface area (Å²) < 4.78 is 33.1. The topological polar surface area (TPSA) is 33.0 Å². The first-order valence-electron chi connectivity index (χ1n) is 7.33. The molecule has 0 radical (unpaired) electrons. The molecule has 0 saturated carbocycles. The summed E-state index contributed by atoms with van der Waals surface area (Å²) in [5.74, 6) is 0.0196. The Bertz CT molecular complexity index is 698. The van der Waals surface area contributed by atoms with Gasteiger partial charge in [0.1, 0.15) is 5.75 Å². The van der Waals surface area contributed by atoms with Crippen LogP contribution >= 0.6 is 0 Å². The number of halogens is 2. The standard InChI is InChI=1S/C19H17F2NO/c1-2-3-4-5-15-6-10-17(11-7-15)19(20,21)23-18-12-8-16(14-22)9-13-18/h2-3,6-13H,4-5H2,1H3/b3-2+. The van der Waals surface area contributed by atoms with Gasteiger partial charge in [-0.25, -0.2) is 0 Å². The number of rotatable bonds is 6. The van der Waals surface area contributed by atoms with Crippen LogP contribution in [0, 0.1) is 11.3 Å². The third-order valence-corrected chi connectivity index (χ3v) is 3.35. The van der Waals surface area contributed by atoms with Gasteiger partial charge in [0.15, 0.2) is 0 Å². The number of benzene rings is 2. The van der Waals surface area contributed by atoms with Gasteiger partial charge < -0.3 is 4.74 Å². The number of allylic oxidation sites excluding steroid dienone is 2. The Balaban J connectivity index is 2.07. The van der Waals surface area contributed by atoms with Crippen molar-refractivity contribution < 1.29 is 13.5 Å². The number of ether oxygens (including phenoxy) is 1. The molecule has 0 spiro atoms. The van der Waals surface area contributed by atoms with Crippen molar-refractivity contribution in [1.82, 2.24) is 0 Å². The largest absolute Gasteiger partial charge is 0.429 e. The Labute approximate surface area is 134 Å². The van der Waals surface area contributed by atoms with Crippen LogP contribution in [0.3, 0.4) is 0 Å². The van der Waals surface area contributed by atoms with Crippen LogP contribution in [0.2, 0.25) is 0 Å². The summed E-state index contributed by atoms with van der Waals surface area (Å²) in [6, 6.07) is 13.7. The quantitative estimate of drug-likeness (QED) is 0.687. The highest BCUT2D eigenvalue weighted by Gasteiger charge is 2.34. The van der Waals surface area contributed by atoms with E-state index in [9.17, 15) is 8.78 Å². The molecule has 118 valence electrons. The smallest absolute Gasteiger partial charge is 0.426 e. The minimum absolute atomic E-state index is 0.0196. The van der Waals surface area contributed by atoms with Crippen LogP contribution in [0.1, 0.15) is 30.0 Å². The van der Waals surface area contributed by atoms with Gasteiger partial charge in [-0.05, 0) is 61.7 Å². The molecule has 0 atom stereocenters. The van der Waals surface area contributed by atoms with Crippen molar-refractivity contribution in [2.45, 2.75) is 25.9 Å². The molecule has 0 fully saturated rings. The maximum atomic E-state index is 14.2. The number of aryl methyl sites for hydroxylation is 1. The van der Waals surface area contributed by atoms with Gasteiger partial charge in [0.05, 0.1) is 17.2 Å². The molecule has 0 N–H and O–H groups in total. The second kappa shape index (κ2) is 7.55. The summed E-state index contributed by atoms with van der Waals surface area (Å²) in [5.41, 5.74) is 1.20. The van der Waals surface area contributed by atoms with Crippen LogP contribution in [-0.4, -0.2) is 0 Å². The second-order valence-corrected chi connectivity index (χ2v) is 5.06. The van der Waals surface area contributed by atoms with E-state index < -0.39 is 6.11 Å². The summed E-state index contributed by atoms with van der Waals surface area (Å²) in [6.07, 6.45) is 2.28. The van der Waals surface area contributed by atoms with Crippen molar-refractivity contribution in [1.29, 1.82) is 5.26 Å². The van der Waals surface area contributed by atoms with E-state index >= 15 is 0 Å². The predicted octanol–water partition coefficient (Wildman–Crippen LogP) is 5.20. The van der Waals surface area contributed by atoms with Crippen LogP contribution in [0.15, 0.2) is 60.7 Å². The number of nitrogens with zero attached hydrogens (tertiary/aromatic N) is 1. The summed E-state index contributed by atoms with van der Waals surface area (Å²) in [7, 11) is 0. The van der Waals surface area contributed by atoms with Crippen LogP contribution in [0.5, 0.6) is 5.75 Å². The maximum Gasteiger partial charge on any atom is 0.426 e. The normalized spacial score (nSPS) is 11.4. The summed E-state index contributed by atoms with van der Waals surface area (Å²) in [4.78, 5) is 0. The van der Waals surface area contributed by atoms with Gasteiger partial charge in [0.25, 0.3) is 0 Å². The molecule has 2 aromatic rings. The molecule has 23 heavy (non-hydrogen) atoms. The lowest BCUT2D eigenvalue weighted by atomic mass is 10.1. The number of hydrogen-bond acceptors (Lipinski definition) is 2. The zero-order valence-corrected chi connectivity index (χ0v) is 12.8. The van der Waals surface area contributed by atoms with Gasteiger partial charge in [0, 0.05) is 0 Å². The third kappa shape index (κ3) is 4.65. The highest BCUT2D eigenvalue weighted by molar-refractivity contribution is 5.35. The molecule has 0 heterocycles. The molecule has 0 aromatic heterocycles. The van der Waals surface area contributed by atoms with Crippen LogP contribution < -0.4 is 4.74 Å². The highest BCUT2D eigenvalue weighted by Crippen LogP contribution is 2.31. The van der Waals surface area contributed by atoms with Crippen LogP contribution in [-0.2, 0) is 12.5 Å². The van der Waals surface area contributed by atoms with Crippen molar-refractivity contribution in [3.8, 4) is 11.8 Å². The summed E-state index contributed by atoms with van der Waals surface area (Å²) in [5, 5.41) is 8.70. The van der Waals surface area contributed by atoms with Crippen molar-refractivity contribution in [2.24, 2.45) is 0 Å². The van der Waals surface area contributed by atoms with Crippen molar-refractivity contribution in [3.05, 3.63) is 77.4 Å². The van der Waals surface area contributed by atoms with Gasteiger partial charge in [-0.15, -0.1) is 0 Å². The van der Waals surface area contributed by atoms with Crippen molar-refractivity contribution in [3.63, 3.8) is 0 Å². The van der Waals surface area contributed by atoms with E-state index in [-0.39, 0.29) is 11.3 Å². The van der Waals surface area contributed by atoms with Gasteiger partial charge in [-0.1, -0.05) is 24.3 Å². The fourth-order valence-electron chi connectivity index (χ4n) is 2.09. The Hall–Kier alpha value is -2.67. The molecule has 2 nitrogen and oxygen atoms in total. The molecule has 0 aliphatic rings. The van der Waals surface area contributed by atoms with Gasteiger partial charge in [0.2, 0.25) is 0 Å². The van der Waals surface area contributed by atoms with E-state index in [0.29, 0.717) is 5.56 Å². The zero-order valence-electron chi connectivity index (χ0n) is 12.8. The third-order valence-electron chi connectivity index (χ3n) is 3.35. The summed E-state index contributed by atoms with van der Waals surface area (Å²) in [6.45, 7) is 1.95. The molecule has 0 saturated heterocycles. The number of nitriles is 1. The maximum absolute atomic E-state index is 14.2. The van der Waals surface area contributed by atoms with E-state index in [4.69, 9.17) is 10.00 Å². The van der Waals surface area contributed by atoms with Crippen molar-refractivity contribution >= 4 is 0 Å². The molecule has 2 rings (SSSR count). The average Bonchev–Trinajstić information content (AvgIpc) is 2.56. The molecule has 0 amide bonds. The lowest BCUT2D eigenvalue weighted by molar-refractivity contribution is -0.185. The Morgan fingerprint density at radius 2 is 1.74 bits per heavy atom. The fourth-order valence-corrected chi connectivity index (χ4v) is 2.09. The lowest BCUT2D eigenvalue weighted by Gasteiger charge is -2.18. The molecule has 0 bridgehead atoms. The summed E-state index contributed by atoms with van der Waals surface area (Å²) >= 11 is 0. The van der Waals surface area contributed by atoms with E-state index in [0.717, 1.165) is 18.4 Å². The second-order valence-electron chi connectivity index (χ2n) is 5.06. The average molecular weight is 313 g/mol. The molecule has 0 unspecified atom stereocenters. The minimum atomic E-state index is -3.42. The van der Waals surface area contributed by atoms with E-state index in [1.807, 2.05) is 25.1 Å². The first-order valence-corrected chi connectivity index (χ1v) is 7.33. The Morgan fingerprint density at radius 3 is 2.30 bits per heavy atom. The molecule has 0 aliphatic heterocycles. The molecule has 2 aromatic carbocycles. The van der Waals surface area contributed by atoms with Crippen molar-refractivity contribution in [2.75, 3.05) is 0 Å². The zero-order chi connectivity index (χ0) is 16.7. The van der Waals surface area contributed by atoms with E-state index in [1.165, 1.54) is 36.4 Å². The molecule has 0 aliphatic carbocycles. The van der Waals surface area contributed by atoms with Gasteiger partial charge in [-0.3, -0.25) is 0 Å². The number of hydrogen-bond donors (Lipinski definition) is 0. The Morgan fingerprint density at radius 1 is 1.09 bits per heavy atom. The van der Waals surface area contributed by atoms with Gasteiger partial charge in [-0.2, -0.15) is 14.0 Å². The Kier molecular flexibility index (Phi) is 5.48. The molecular weight excluding hydrogens is 296 g/mol. The number of alkyl halides is 2. The fraction of sp³-hybridized carbons (Fsp3) is 0.211. The highest BCUT2D eigenvalue weighted by atomic mass is 19.3. The van der Waals surface area contributed by atoms with Crippen LogP contribution in [0.4, 0.5) is 8.78 Å². The van der Waals surface area contributed by atoms with Crippen LogP contribution in [0.25, 0.3) is 0 Å².